The van der Waals surface area contributed by atoms with E-state index in [2.05, 4.69) is 163 Å². The number of rotatable bonds is 6. The second-order valence-corrected chi connectivity index (χ2v) is 11.0. The largest absolute Gasteiger partial charge is 0.456 e. The zero-order valence-corrected chi connectivity index (χ0v) is 24.1. The van der Waals surface area contributed by atoms with Crippen molar-refractivity contribution in [3.63, 3.8) is 0 Å². The summed E-state index contributed by atoms with van der Waals surface area (Å²) in [6.45, 7) is 0. The van der Waals surface area contributed by atoms with E-state index in [4.69, 9.17) is 4.42 Å². The lowest BCUT2D eigenvalue weighted by Gasteiger charge is -2.28. The molecule has 0 bridgehead atoms. The molecule has 0 radical (unpaired) electrons. The monoisotopic (exact) mass is 563 g/mol. The van der Waals surface area contributed by atoms with Gasteiger partial charge in [-0.25, -0.2) is 0 Å². The van der Waals surface area contributed by atoms with Crippen LogP contribution in [0.2, 0.25) is 0 Å². The van der Waals surface area contributed by atoms with E-state index in [1.807, 2.05) is 18.2 Å². The standard InChI is InChI=1S/C42H29NO/c1-3-13-30(14-4-1)35-25-36(31-15-5-2-6-16-31)28-38(27-35)43(40-23-12-19-32-17-7-9-22-39(32)40)37-21-11-20-33(26-37)42-29-34-18-8-10-24-41(34)44-42/h1-29H. The summed E-state index contributed by atoms with van der Waals surface area (Å²) in [7, 11) is 0. The topological polar surface area (TPSA) is 16.4 Å². The molecule has 1 aromatic heterocycles. The Bertz CT molecular complexity index is 2130. The maximum atomic E-state index is 6.31. The minimum atomic E-state index is 0.855. The summed E-state index contributed by atoms with van der Waals surface area (Å²) in [5.74, 6) is 0.855. The van der Waals surface area contributed by atoms with Gasteiger partial charge >= 0.3 is 0 Å². The number of anilines is 3. The third kappa shape index (κ3) is 4.83. The maximum absolute atomic E-state index is 6.31. The maximum Gasteiger partial charge on any atom is 0.135 e. The van der Waals surface area contributed by atoms with E-state index >= 15 is 0 Å². The Morgan fingerprint density at radius 3 is 1.66 bits per heavy atom. The summed E-state index contributed by atoms with van der Waals surface area (Å²) >= 11 is 0. The first kappa shape index (κ1) is 25.8. The number of hydrogen-bond donors (Lipinski definition) is 0. The van der Waals surface area contributed by atoms with Crippen LogP contribution in [-0.4, -0.2) is 0 Å². The lowest BCUT2D eigenvalue weighted by atomic mass is 9.97. The zero-order valence-electron chi connectivity index (χ0n) is 24.1. The molecule has 0 aliphatic carbocycles. The van der Waals surface area contributed by atoms with E-state index in [-0.39, 0.29) is 0 Å². The lowest BCUT2D eigenvalue weighted by Crippen LogP contribution is -2.11. The van der Waals surface area contributed by atoms with Gasteiger partial charge in [-0.1, -0.05) is 127 Å². The molecule has 0 saturated heterocycles. The Labute approximate surface area is 257 Å². The van der Waals surface area contributed by atoms with Crippen LogP contribution in [0.3, 0.4) is 0 Å². The summed E-state index contributed by atoms with van der Waals surface area (Å²) in [4.78, 5) is 2.38. The smallest absolute Gasteiger partial charge is 0.135 e. The number of furan rings is 1. The molecule has 0 spiro atoms. The molecule has 1 heterocycles. The van der Waals surface area contributed by atoms with Crippen LogP contribution in [0, 0.1) is 0 Å². The van der Waals surface area contributed by atoms with Crippen molar-refractivity contribution in [2.45, 2.75) is 0 Å². The Kier molecular flexibility index (Phi) is 6.51. The van der Waals surface area contributed by atoms with E-state index in [1.54, 1.807) is 0 Å². The van der Waals surface area contributed by atoms with Gasteiger partial charge in [0.15, 0.2) is 0 Å². The number of nitrogens with zero attached hydrogens (tertiary/aromatic N) is 1. The SMILES string of the molecule is c1ccc(-c2cc(-c3ccccc3)cc(N(c3cccc(-c4cc5ccccc5o4)c3)c3cccc4ccccc34)c2)cc1. The molecule has 0 saturated carbocycles. The Hall–Kier alpha value is -5.86. The van der Waals surface area contributed by atoms with E-state index in [1.165, 1.54) is 33.0 Å². The quantitative estimate of drug-likeness (QED) is 0.200. The first-order chi connectivity index (χ1) is 21.8. The van der Waals surface area contributed by atoms with Crippen LogP contribution in [0.1, 0.15) is 0 Å². The summed E-state index contributed by atoms with van der Waals surface area (Å²) in [6, 6.07) is 62.2. The molecule has 7 aromatic carbocycles. The Balaban J connectivity index is 1.38. The molecule has 2 nitrogen and oxygen atoms in total. The molecule has 0 aliphatic heterocycles. The number of para-hydroxylation sites is 1. The molecular formula is C42H29NO. The van der Waals surface area contributed by atoms with Crippen LogP contribution in [0.5, 0.6) is 0 Å². The summed E-state index contributed by atoms with van der Waals surface area (Å²) in [6.07, 6.45) is 0. The fourth-order valence-electron chi connectivity index (χ4n) is 6.09. The molecule has 0 unspecified atom stereocenters. The van der Waals surface area contributed by atoms with Gasteiger partial charge in [0.1, 0.15) is 11.3 Å². The van der Waals surface area contributed by atoms with Crippen LogP contribution in [-0.2, 0) is 0 Å². The molecule has 2 heteroatoms. The van der Waals surface area contributed by atoms with Gasteiger partial charge in [-0.3, -0.25) is 0 Å². The molecule has 0 aliphatic rings. The number of fused-ring (bicyclic) bond motifs is 2. The highest BCUT2D eigenvalue weighted by atomic mass is 16.3. The van der Waals surface area contributed by atoms with Gasteiger partial charge in [-0.05, 0) is 76.2 Å². The third-order valence-corrected chi connectivity index (χ3v) is 8.21. The average Bonchev–Trinajstić information content (AvgIpc) is 3.54. The van der Waals surface area contributed by atoms with Gasteiger partial charge in [-0.15, -0.1) is 0 Å². The molecule has 0 amide bonds. The van der Waals surface area contributed by atoms with Crippen molar-refractivity contribution < 1.29 is 4.42 Å². The normalized spacial score (nSPS) is 11.2. The van der Waals surface area contributed by atoms with Crippen molar-refractivity contribution in [2.75, 3.05) is 4.90 Å². The van der Waals surface area contributed by atoms with Crippen molar-refractivity contribution in [1.82, 2.24) is 0 Å². The van der Waals surface area contributed by atoms with E-state index < -0.39 is 0 Å². The highest BCUT2D eigenvalue weighted by Crippen LogP contribution is 2.43. The van der Waals surface area contributed by atoms with Crippen molar-refractivity contribution in [1.29, 1.82) is 0 Å². The van der Waals surface area contributed by atoms with Crippen LogP contribution in [0.25, 0.3) is 55.3 Å². The molecule has 0 atom stereocenters. The van der Waals surface area contributed by atoms with Gasteiger partial charge in [0.05, 0.1) is 5.69 Å². The van der Waals surface area contributed by atoms with Gasteiger partial charge in [-0.2, -0.15) is 0 Å². The third-order valence-electron chi connectivity index (χ3n) is 8.21. The zero-order chi connectivity index (χ0) is 29.3. The van der Waals surface area contributed by atoms with Crippen molar-refractivity contribution in [2.24, 2.45) is 0 Å². The highest BCUT2D eigenvalue weighted by Gasteiger charge is 2.19. The van der Waals surface area contributed by atoms with Gasteiger partial charge < -0.3 is 9.32 Å². The minimum absolute atomic E-state index is 0.855. The number of benzene rings is 7. The molecule has 208 valence electrons. The highest BCUT2D eigenvalue weighted by molar-refractivity contribution is 6.00. The Morgan fingerprint density at radius 1 is 0.364 bits per heavy atom. The molecule has 8 rings (SSSR count). The van der Waals surface area contributed by atoms with Crippen LogP contribution < -0.4 is 4.90 Å². The fourth-order valence-corrected chi connectivity index (χ4v) is 6.09. The number of hydrogen-bond acceptors (Lipinski definition) is 2. The second-order valence-electron chi connectivity index (χ2n) is 11.0. The lowest BCUT2D eigenvalue weighted by molar-refractivity contribution is 0.631. The van der Waals surface area contributed by atoms with Crippen molar-refractivity contribution in [3.05, 3.63) is 176 Å². The summed E-state index contributed by atoms with van der Waals surface area (Å²) in [5, 5.41) is 3.49. The van der Waals surface area contributed by atoms with Gasteiger partial charge in [0.2, 0.25) is 0 Å². The molecule has 0 N–H and O–H groups in total. The molecule has 0 fully saturated rings. The predicted octanol–water partition coefficient (Wildman–Crippen LogP) is 12.1. The van der Waals surface area contributed by atoms with Crippen LogP contribution in [0.4, 0.5) is 17.1 Å². The van der Waals surface area contributed by atoms with Gasteiger partial charge in [0, 0.05) is 27.7 Å². The van der Waals surface area contributed by atoms with Gasteiger partial charge in [0.25, 0.3) is 0 Å². The minimum Gasteiger partial charge on any atom is -0.456 e. The van der Waals surface area contributed by atoms with E-state index in [0.29, 0.717) is 0 Å². The van der Waals surface area contributed by atoms with E-state index in [0.717, 1.165) is 39.4 Å². The summed E-state index contributed by atoms with van der Waals surface area (Å²) in [5.41, 5.74) is 9.89. The van der Waals surface area contributed by atoms with Crippen molar-refractivity contribution in [3.8, 4) is 33.6 Å². The molecule has 8 aromatic rings. The Morgan fingerprint density at radius 2 is 0.932 bits per heavy atom. The predicted molar refractivity (Wildman–Crippen MR) is 185 cm³/mol. The average molecular weight is 564 g/mol. The van der Waals surface area contributed by atoms with Crippen molar-refractivity contribution >= 4 is 38.8 Å². The molecular weight excluding hydrogens is 534 g/mol. The first-order valence-corrected chi connectivity index (χ1v) is 14.9. The van der Waals surface area contributed by atoms with Crippen LogP contribution >= 0.6 is 0 Å². The van der Waals surface area contributed by atoms with E-state index in [9.17, 15) is 0 Å². The fraction of sp³-hybridized carbons (Fsp3) is 0. The second kappa shape index (κ2) is 11.1. The first-order valence-electron chi connectivity index (χ1n) is 14.9. The molecule has 44 heavy (non-hydrogen) atoms. The summed E-state index contributed by atoms with van der Waals surface area (Å²) < 4.78 is 6.31. The van der Waals surface area contributed by atoms with Crippen LogP contribution in [0.15, 0.2) is 180 Å².